The minimum atomic E-state index is 0.0161. The van der Waals surface area contributed by atoms with Crippen LogP contribution in [0, 0.1) is 6.92 Å². The van der Waals surface area contributed by atoms with Crippen LogP contribution in [0.5, 0.6) is 5.75 Å². The summed E-state index contributed by atoms with van der Waals surface area (Å²) in [4.78, 5) is 0. The summed E-state index contributed by atoms with van der Waals surface area (Å²) in [7, 11) is 0. The SMILES string of the molecule is Cc1cccc(-c2[nH]ncc2CNc2ccc(OCCO)cc2)c1. The fourth-order valence-corrected chi connectivity index (χ4v) is 2.53. The number of rotatable bonds is 7. The lowest BCUT2D eigenvalue weighted by molar-refractivity contribution is 0.201. The van der Waals surface area contributed by atoms with E-state index in [0.717, 1.165) is 28.3 Å². The van der Waals surface area contributed by atoms with Crippen LogP contribution in [-0.4, -0.2) is 28.5 Å². The third-order valence-electron chi connectivity index (χ3n) is 3.72. The quantitative estimate of drug-likeness (QED) is 0.623. The molecule has 124 valence electrons. The number of anilines is 1. The van der Waals surface area contributed by atoms with Gasteiger partial charge in [-0.25, -0.2) is 0 Å². The second-order valence-electron chi connectivity index (χ2n) is 5.59. The van der Waals surface area contributed by atoms with E-state index in [9.17, 15) is 0 Å². The van der Waals surface area contributed by atoms with Gasteiger partial charge in [-0.2, -0.15) is 5.10 Å². The predicted octanol–water partition coefficient (Wildman–Crippen LogP) is 3.37. The number of benzene rings is 2. The highest BCUT2D eigenvalue weighted by Crippen LogP contribution is 2.23. The minimum absolute atomic E-state index is 0.0161. The first-order valence-corrected chi connectivity index (χ1v) is 7.93. The Bertz CT molecular complexity index is 781. The molecule has 0 aliphatic carbocycles. The summed E-state index contributed by atoms with van der Waals surface area (Å²) in [5, 5.41) is 19.4. The Morgan fingerprint density at radius 3 is 2.75 bits per heavy atom. The number of H-pyrrole nitrogens is 1. The molecule has 24 heavy (non-hydrogen) atoms. The number of aromatic amines is 1. The molecule has 1 heterocycles. The smallest absolute Gasteiger partial charge is 0.119 e. The lowest BCUT2D eigenvalue weighted by atomic mass is 10.1. The van der Waals surface area contributed by atoms with Gasteiger partial charge >= 0.3 is 0 Å². The van der Waals surface area contributed by atoms with Crippen molar-refractivity contribution in [2.45, 2.75) is 13.5 Å². The average molecular weight is 323 g/mol. The Morgan fingerprint density at radius 1 is 1.17 bits per heavy atom. The van der Waals surface area contributed by atoms with Crippen LogP contribution in [0.15, 0.2) is 54.7 Å². The van der Waals surface area contributed by atoms with Gasteiger partial charge in [0.1, 0.15) is 12.4 Å². The maximum absolute atomic E-state index is 8.76. The number of aromatic nitrogens is 2. The zero-order chi connectivity index (χ0) is 16.8. The highest BCUT2D eigenvalue weighted by molar-refractivity contribution is 5.64. The molecule has 0 saturated heterocycles. The number of aryl methyl sites for hydroxylation is 1. The Kier molecular flexibility index (Phi) is 5.13. The van der Waals surface area contributed by atoms with Crippen LogP contribution in [-0.2, 0) is 6.54 Å². The van der Waals surface area contributed by atoms with Gasteiger partial charge in [0, 0.05) is 23.4 Å². The number of aliphatic hydroxyl groups is 1. The van der Waals surface area contributed by atoms with E-state index in [1.807, 2.05) is 36.5 Å². The van der Waals surface area contributed by atoms with Crippen molar-refractivity contribution in [2.75, 3.05) is 18.5 Å². The van der Waals surface area contributed by atoms with Gasteiger partial charge in [0.25, 0.3) is 0 Å². The van der Waals surface area contributed by atoms with E-state index in [0.29, 0.717) is 13.2 Å². The molecule has 3 aromatic rings. The molecule has 5 nitrogen and oxygen atoms in total. The van der Waals surface area contributed by atoms with Gasteiger partial charge in [0.2, 0.25) is 0 Å². The molecule has 3 N–H and O–H groups in total. The molecule has 0 radical (unpaired) electrons. The first-order chi connectivity index (χ1) is 11.8. The highest BCUT2D eigenvalue weighted by Gasteiger charge is 2.07. The van der Waals surface area contributed by atoms with Crippen molar-refractivity contribution in [1.29, 1.82) is 0 Å². The zero-order valence-electron chi connectivity index (χ0n) is 13.6. The molecular weight excluding hydrogens is 302 g/mol. The summed E-state index contributed by atoms with van der Waals surface area (Å²) in [5.41, 5.74) is 5.51. The molecule has 0 saturated carbocycles. The third-order valence-corrected chi connectivity index (χ3v) is 3.72. The van der Waals surface area contributed by atoms with Gasteiger partial charge in [-0.15, -0.1) is 0 Å². The molecule has 0 aliphatic rings. The molecule has 0 atom stereocenters. The van der Waals surface area contributed by atoms with Crippen LogP contribution in [0.25, 0.3) is 11.3 Å². The van der Waals surface area contributed by atoms with Crippen molar-refractivity contribution in [2.24, 2.45) is 0 Å². The van der Waals surface area contributed by atoms with Crippen molar-refractivity contribution >= 4 is 5.69 Å². The van der Waals surface area contributed by atoms with E-state index in [1.54, 1.807) is 0 Å². The summed E-state index contributed by atoms with van der Waals surface area (Å²) in [6.45, 7) is 3.08. The lowest BCUT2D eigenvalue weighted by Crippen LogP contribution is -2.02. The summed E-state index contributed by atoms with van der Waals surface area (Å²) in [6, 6.07) is 16.0. The zero-order valence-corrected chi connectivity index (χ0v) is 13.6. The second-order valence-corrected chi connectivity index (χ2v) is 5.59. The Hall–Kier alpha value is -2.79. The maximum Gasteiger partial charge on any atom is 0.119 e. The lowest BCUT2D eigenvalue weighted by Gasteiger charge is -2.09. The number of ether oxygens (including phenoxy) is 1. The standard InChI is InChI=1S/C19H21N3O2/c1-14-3-2-4-15(11-14)19-16(13-21-22-19)12-20-17-5-7-18(8-6-17)24-10-9-23/h2-8,11,13,20,23H,9-10,12H2,1H3,(H,21,22). The van der Waals surface area contributed by atoms with E-state index >= 15 is 0 Å². The summed E-state index contributed by atoms with van der Waals surface area (Å²) >= 11 is 0. The number of hydrogen-bond acceptors (Lipinski definition) is 4. The van der Waals surface area contributed by atoms with Crippen molar-refractivity contribution in [3.8, 4) is 17.0 Å². The predicted molar refractivity (Wildman–Crippen MR) is 95.1 cm³/mol. The third kappa shape index (κ3) is 3.94. The fraction of sp³-hybridized carbons (Fsp3) is 0.211. The van der Waals surface area contributed by atoms with Crippen LogP contribution < -0.4 is 10.1 Å². The van der Waals surface area contributed by atoms with Crippen LogP contribution in [0.2, 0.25) is 0 Å². The molecule has 0 spiro atoms. The number of nitrogens with one attached hydrogen (secondary N) is 2. The monoisotopic (exact) mass is 323 g/mol. The first-order valence-electron chi connectivity index (χ1n) is 7.93. The maximum atomic E-state index is 8.76. The fourth-order valence-electron chi connectivity index (χ4n) is 2.53. The largest absolute Gasteiger partial charge is 0.491 e. The molecule has 3 rings (SSSR count). The highest BCUT2D eigenvalue weighted by atomic mass is 16.5. The minimum Gasteiger partial charge on any atom is -0.491 e. The Balaban J connectivity index is 1.66. The topological polar surface area (TPSA) is 70.2 Å². The van der Waals surface area contributed by atoms with Crippen molar-refractivity contribution in [3.63, 3.8) is 0 Å². The molecular formula is C19H21N3O2. The van der Waals surface area contributed by atoms with Gasteiger partial charge < -0.3 is 15.2 Å². The molecule has 0 unspecified atom stereocenters. The molecule has 0 aliphatic heterocycles. The number of hydrogen-bond donors (Lipinski definition) is 3. The van der Waals surface area contributed by atoms with E-state index in [1.165, 1.54) is 5.56 Å². The Labute approximate surface area is 141 Å². The molecule has 5 heteroatoms. The summed E-state index contributed by atoms with van der Waals surface area (Å²) < 4.78 is 5.36. The molecule has 1 aromatic heterocycles. The van der Waals surface area contributed by atoms with Crippen molar-refractivity contribution < 1.29 is 9.84 Å². The van der Waals surface area contributed by atoms with Crippen molar-refractivity contribution in [1.82, 2.24) is 10.2 Å². The van der Waals surface area contributed by atoms with Gasteiger partial charge in [-0.1, -0.05) is 23.8 Å². The van der Waals surface area contributed by atoms with Gasteiger partial charge in [0.15, 0.2) is 0 Å². The first kappa shape index (κ1) is 16.1. The van der Waals surface area contributed by atoms with Crippen molar-refractivity contribution in [3.05, 3.63) is 65.9 Å². The Morgan fingerprint density at radius 2 is 2.00 bits per heavy atom. The summed E-state index contributed by atoms with van der Waals surface area (Å²) in [5.74, 6) is 0.748. The molecule has 0 amide bonds. The molecule has 0 bridgehead atoms. The molecule has 2 aromatic carbocycles. The van der Waals surface area contributed by atoms with E-state index in [-0.39, 0.29) is 6.61 Å². The summed E-state index contributed by atoms with van der Waals surface area (Å²) in [6.07, 6.45) is 1.85. The van der Waals surface area contributed by atoms with Crippen LogP contribution in [0.3, 0.4) is 0 Å². The van der Waals surface area contributed by atoms with E-state index < -0.39 is 0 Å². The average Bonchev–Trinajstić information content (AvgIpc) is 3.07. The molecule has 0 fully saturated rings. The normalized spacial score (nSPS) is 10.6. The van der Waals surface area contributed by atoms with Crippen LogP contribution >= 0.6 is 0 Å². The van der Waals surface area contributed by atoms with Gasteiger partial charge in [0.05, 0.1) is 18.5 Å². The van der Waals surface area contributed by atoms with Crippen LogP contribution in [0.4, 0.5) is 5.69 Å². The number of aliphatic hydroxyl groups excluding tert-OH is 1. The van der Waals surface area contributed by atoms with Crippen LogP contribution in [0.1, 0.15) is 11.1 Å². The van der Waals surface area contributed by atoms with Gasteiger partial charge in [-0.05, 0) is 37.3 Å². The van der Waals surface area contributed by atoms with Gasteiger partial charge in [-0.3, -0.25) is 5.10 Å². The number of nitrogens with zero attached hydrogens (tertiary/aromatic N) is 1. The van der Waals surface area contributed by atoms with E-state index in [2.05, 4.69) is 40.6 Å². The second kappa shape index (κ2) is 7.66. The van der Waals surface area contributed by atoms with E-state index in [4.69, 9.17) is 9.84 Å².